The molecule has 4 aromatic heterocycles. The summed E-state index contributed by atoms with van der Waals surface area (Å²) in [7, 11) is 0. The van der Waals surface area contributed by atoms with E-state index in [0.717, 1.165) is 64.0 Å². The van der Waals surface area contributed by atoms with Gasteiger partial charge in [0.25, 0.3) is 0 Å². The summed E-state index contributed by atoms with van der Waals surface area (Å²) in [6.07, 6.45) is 10.6. The first-order chi connectivity index (χ1) is 17.1. The third kappa shape index (κ3) is 4.34. The quantitative estimate of drug-likeness (QED) is 0.323. The number of nitrogens with one attached hydrogen (secondary N) is 1. The van der Waals surface area contributed by atoms with Gasteiger partial charge in [0.05, 0.1) is 17.4 Å². The van der Waals surface area contributed by atoms with Gasteiger partial charge in [0, 0.05) is 47.6 Å². The number of ketones is 1. The Labute approximate surface area is 203 Å². The molecule has 2 atom stereocenters. The lowest BCUT2D eigenvalue weighted by Crippen LogP contribution is -2.22. The second-order valence-corrected chi connectivity index (χ2v) is 9.79. The highest BCUT2D eigenvalue weighted by Gasteiger charge is 2.25. The van der Waals surface area contributed by atoms with Crippen molar-refractivity contribution in [2.24, 2.45) is 11.8 Å². The number of nitrogens with zero attached hydrogens (tertiary/aromatic N) is 5. The molecule has 6 rings (SSSR count). The first kappa shape index (κ1) is 21.6. The minimum absolute atomic E-state index is 0.216. The van der Waals surface area contributed by atoms with Crippen LogP contribution in [0, 0.1) is 18.8 Å². The van der Waals surface area contributed by atoms with E-state index < -0.39 is 0 Å². The van der Waals surface area contributed by atoms with Crippen molar-refractivity contribution in [3.63, 3.8) is 0 Å². The molecule has 1 fully saturated rings. The average molecular weight is 465 g/mol. The maximum absolute atomic E-state index is 13.3. The Balaban J connectivity index is 1.17. The van der Waals surface area contributed by atoms with Crippen molar-refractivity contribution in [1.29, 1.82) is 0 Å². The van der Waals surface area contributed by atoms with E-state index in [1.54, 1.807) is 12.4 Å². The molecule has 1 N–H and O–H groups in total. The highest BCUT2D eigenvalue weighted by atomic mass is 16.1. The molecule has 5 aromatic rings. The number of aryl methyl sites for hydroxylation is 1. The third-order valence-electron chi connectivity index (χ3n) is 7.27. The number of fused-ring (bicyclic) bond motifs is 2. The van der Waals surface area contributed by atoms with Gasteiger partial charge in [-0.2, -0.15) is 5.10 Å². The number of hydrogen-bond acceptors (Lipinski definition) is 5. The van der Waals surface area contributed by atoms with Gasteiger partial charge in [-0.25, -0.2) is 9.97 Å². The van der Waals surface area contributed by atoms with Gasteiger partial charge in [-0.15, -0.1) is 0 Å². The van der Waals surface area contributed by atoms with Crippen molar-refractivity contribution in [1.82, 2.24) is 29.7 Å². The monoisotopic (exact) mass is 464 g/mol. The zero-order valence-corrected chi connectivity index (χ0v) is 19.8. The fourth-order valence-electron chi connectivity index (χ4n) is 5.56. The summed E-state index contributed by atoms with van der Waals surface area (Å²) in [5, 5.41) is 8.59. The second kappa shape index (κ2) is 9.06. The van der Waals surface area contributed by atoms with Crippen LogP contribution in [0.1, 0.15) is 48.2 Å². The van der Waals surface area contributed by atoms with E-state index in [9.17, 15) is 4.79 Å². The number of rotatable bonds is 6. The third-order valence-corrected chi connectivity index (χ3v) is 7.27. The molecule has 1 aliphatic carbocycles. The van der Waals surface area contributed by atoms with Gasteiger partial charge in [0.1, 0.15) is 5.69 Å². The number of benzene rings is 1. The Morgan fingerprint density at radius 1 is 1.06 bits per heavy atom. The molecular formula is C28H28N6O. The predicted octanol–water partition coefficient (Wildman–Crippen LogP) is 5.76. The van der Waals surface area contributed by atoms with Crippen molar-refractivity contribution in [3.05, 3.63) is 72.4 Å². The maximum Gasteiger partial charge on any atom is 0.177 e. The van der Waals surface area contributed by atoms with Gasteiger partial charge in [0.15, 0.2) is 11.4 Å². The first-order valence-electron chi connectivity index (χ1n) is 12.3. The molecule has 0 bridgehead atoms. The summed E-state index contributed by atoms with van der Waals surface area (Å²) in [6, 6.07) is 13.9. The zero-order valence-electron chi connectivity index (χ0n) is 19.8. The minimum atomic E-state index is 0.216. The van der Waals surface area contributed by atoms with Gasteiger partial charge in [-0.05, 0) is 80.5 Å². The van der Waals surface area contributed by atoms with Crippen LogP contribution in [0.3, 0.4) is 0 Å². The molecule has 0 radical (unpaired) electrons. The Hall–Kier alpha value is -3.87. The molecule has 7 nitrogen and oxygen atoms in total. The smallest absolute Gasteiger partial charge is 0.177 e. The van der Waals surface area contributed by atoms with E-state index in [2.05, 4.69) is 35.8 Å². The largest absolute Gasteiger partial charge is 0.329 e. The number of carbonyl (C=O) groups is 1. The van der Waals surface area contributed by atoms with E-state index in [0.29, 0.717) is 18.3 Å². The number of carbonyl (C=O) groups excluding carboxylic acids is 1. The number of pyridine rings is 2. The predicted molar refractivity (Wildman–Crippen MR) is 136 cm³/mol. The van der Waals surface area contributed by atoms with Gasteiger partial charge in [-0.3, -0.25) is 14.9 Å². The lowest BCUT2D eigenvalue weighted by atomic mass is 9.78. The summed E-state index contributed by atoms with van der Waals surface area (Å²) < 4.78 is 2.21. The molecule has 0 spiro atoms. The number of hydrogen-bond donors (Lipinski definition) is 1. The van der Waals surface area contributed by atoms with Crippen LogP contribution >= 0.6 is 0 Å². The van der Waals surface area contributed by atoms with Gasteiger partial charge >= 0.3 is 0 Å². The molecule has 0 amide bonds. The van der Waals surface area contributed by atoms with Crippen LogP contribution in [0.25, 0.3) is 33.3 Å². The zero-order chi connectivity index (χ0) is 23.8. The average Bonchev–Trinajstić information content (AvgIpc) is 3.48. The molecule has 1 saturated carbocycles. The van der Waals surface area contributed by atoms with Crippen molar-refractivity contribution in [3.8, 4) is 11.3 Å². The highest BCUT2D eigenvalue weighted by Crippen LogP contribution is 2.34. The number of imidazole rings is 1. The normalized spacial score (nSPS) is 18.3. The fourth-order valence-corrected chi connectivity index (χ4v) is 5.56. The molecule has 1 aliphatic rings. The van der Waals surface area contributed by atoms with Crippen molar-refractivity contribution in [2.45, 2.75) is 45.6 Å². The number of aromatic nitrogens is 6. The van der Waals surface area contributed by atoms with Crippen LogP contribution in [0.5, 0.6) is 0 Å². The SMILES string of the molecule is Cc1cc(-c2n[nH]c3ccc(C(=O)CC4CCCC(Cn5cnc6ncccc65)C4)cc23)ccn1. The minimum Gasteiger partial charge on any atom is -0.329 e. The van der Waals surface area contributed by atoms with Crippen LogP contribution < -0.4 is 0 Å². The summed E-state index contributed by atoms with van der Waals surface area (Å²) in [6.45, 7) is 2.90. The lowest BCUT2D eigenvalue weighted by Gasteiger charge is -2.29. The van der Waals surface area contributed by atoms with Crippen LogP contribution in [-0.2, 0) is 6.54 Å². The molecule has 2 unspecified atom stereocenters. The number of Topliss-reactive ketones (excluding diaryl/α,β-unsaturated/α-hetero) is 1. The molecule has 1 aromatic carbocycles. The van der Waals surface area contributed by atoms with E-state index in [1.165, 1.54) is 12.8 Å². The fraction of sp³-hybridized carbons (Fsp3) is 0.321. The van der Waals surface area contributed by atoms with Crippen molar-refractivity contribution >= 4 is 27.9 Å². The summed E-state index contributed by atoms with van der Waals surface area (Å²) in [5.41, 5.74) is 6.39. The van der Waals surface area contributed by atoms with Crippen LogP contribution in [-0.4, -0.2) is 35.5 Å². The van der Waals surface area contributed by atoms with Crippen molar-refractivity contribution < 1.29 is 4.79 Å². The van der Waals surface area contributed by atoms with E-state index >= 15 is 0 Å². The Kier molecular flexibility index (Phi) is 5.60. The number of aromatic amines is 1. The van der Waals surface area contributed by atoms with Crippen molar-refractivity contribution in [2.75, 3.05) is 0 Å². The van der Waals surface area contributed by atoms with Gasteiger partial charge in [-0.1, -0.05) is 6.42 Å². The first-order valence-corrected chi connectivity index (χ1v) is 12.3. The van der Waals surface area contributed by atoms with Crippen LogP contribution in [0.4, 0.5) is 0 Å². The Morgan fingerprint density at radius 3 is 2.89 bits per heavy atom. The number of H-pyrrole nitrogens is 1. The van der Waals surface area contributed by atoms with Gasteiger partial charge in [0.2, 0.25) is 0 Å². The molecule has 176 valence electrons. The lowest BCUT2D eigenvalue weighted by molar-refractivity contribution is 0.0937. The van der Waals surface area contributed by atoms with E-state index in [4.69, 9.17) is 0 Å². The summed E-state index contributed by atoms with van der Waals surface area (Å²) in [4.78, 5) is 26.4. The van der Waals surface area contributed by atoms with Crippen LogP contribution in [0.15, 0.2) is 61.2 Å². The molecule has 0 aliphatic heterocycles. The van der Waals surface area contributed by atoms with E-state index in [-0.39, 0.29) is 5.78 Å². The molecular weight excluding hydrogens is 436 g/mol. The summed E-state index contributed by atoms with van der Waals surface area (Å²) >= 11 is 0. The highest BCUT2D eigenvalue weighted by molar-refractivity contribution is 6.02. The summed E-state index contributed by atoms with van der Waals surface area (Å²) in [5.74, 6) is 1.18. The Bertz CT molecular complexity index is 1520. The van der Waals surface area contributed by atoms with E-state index in [1.807, 2.05) is 49.6 Å². The molecule has 4 heterocycles. The maximum atomic E-state index is 13.3. The molecule has 0 saturated heterocycles. The second-order valence-electron chi connectivity index (χ2n) is 9.79. The topological polar surface area (TPSA) is 89.4 Å². The molecule has 7 heteroatoms. The van der Waals surface area contributed by atoms with Gasteiger partial charge < -0.3 is 4.57 Å². The molecule has 35 heavy (non-hydrogen) atoms. The standard InChI is InChI=1S/C28H28N6O/c1-18-12-22(9-11-29-18)27-23-15-21(7-8-24(23)32-33-27)26(35)14-19-4-2-5-20(13-19)16-34-17-31-28-25(34)6-3-10-30-28/h3,6-12,15,17,19-20H,2,4-5,13-14,16H2,1H3,(H,32,33). The Morgan fingerprint density at radius 2 is 1.97 bits per heavy atom. The van der Waals surface area contributed by atoms with Crippen LogP contribution in [0.2, 0.25) is 0 Å².